The number of aryl methyl sites for hydroxylation is 3. The third-order valence-electron chi connectivity index (χ3n) is 4.39. The van der Waals surface area contributed by atoms with E-state index in [-0.39, 0.29) is 5.91 Å². The molecule has 4 aromatic rings. The van der Waals surface area contributed by atoms with E-state index in [4.69, 9.17) is 4.42 Å². The van der Waals surface area contributed by atoms with Crippen LogP contribution < -0.4 is 11.1 Å². The largest absolute Gasteiger partial charge is 0.419 e. The molecule has 0 aliphatic heterocycles. The second kappa shape index (κ2) is 5.80. The van der Waals surface area contributed by atoms with E-state index < -0.39 is 5.76 Å². The number of aromatic nitrogens is 3. The fraction of sp³-hybridized carbons (Fsp3) is 0.158. The van der Waals surface area contributed by atoms with E-state index in [1.807, 2.05) is 13.8 Å². The van der Waals surface area contributed by atoms with Crippen LogP contribution in [0.2, 0.25) is 0 Å². The Labute approximate surface area is 148 Å². The van der Waals surface area contributed by atoms with Gasteiger partial charge in [-0.1, -0.05) is 0 Å². The summed E-state index contributed by atoms with van der Waals surface area (Å²) in [6, 6.07) is 10.3. The van der Waals surface area contributed by atoms with E-state index >= 15 is 0 Å². The molecule has 2 aromatic heterocycles. The molecule has 0 atom stereocenters. The average Bonchev–Trinajstić information content (AvgIpc) is 2.89. The van der Waals surface area contributed by atoms with Crippen LogP contribution in [0.1, 0.15) is 21.7 Å². The summed E-state index contributed by atoms with van der Waals surface area (Å²) in [6.45, 7) is 3.79. The Kier molecular flexibility index (Phi) is 3.57. The molecule has 7 heteroatoms. The van der Waals surface area contributed by atoms with Gasteiger partial charge < -0.3 is 9.73 Å². The normalized spacial score (nSPS) is 11.2. The zero-order valence-corrected chi connectivity index (χ0v) is 14.5. The monoisotopic (exact) mass is 348 g/mol. The fourth-order valence-corrected chi connectivity index (χ4v) is 2.79. The minimum atomic E-state index is -0.442. The lowest BCUT2D eigenvalue weighted by Gasteiger charge is -2.07. The predicted molar refractivity (Wildman–Crippen MR) is 98.4 cm³/mol. The lowest BCUT2D eigenvalue weighted by molar-refractivity contribution is 0.102. The SMILES string of the molecule is Cc1nc2ccc(C(=O)Nc3ccc4c(c3)oc(=O)n4C)cc2nc1C. The number of fused-ring (bicyclic) bond motifs is 2. The van der Waals surface area contributed by atoms with Gasteiger partial charge in [-0.2, -0.15) is 0 Å². The second-order valence-corrected chi connectivity index (χ2v) is 6.16. The number of benzene rings is 2. The Morgan fingerprint density at radius 2 is 1.77 bits per heavy atom. The Hall–Kier alpha value is -3.48. The first-order valence-corrected chi connectivity index (χ1v) is 8.08. The average molecular weight is 348 g/mol. The molecule has 0 saturated heterocycles. The fourth-order valence-electron chi connectivity index (χ4n) is 2.79. The van der Waals surface area contributed by atoms with E-state index in [1.54, 1.807) is 43.4 Å². The molecule has 0 spiro atoms. The van der Waals surface area contributed by atoms with Crippen molar-refractivity contribution in [3.8, 4) is 0 Å². The van der Waals surface area contributed by atoms with Crippen molar-refractivity contribution in [1.82, 2.24) is 14.5 Å². The molecule has 1 amide bonds. The van der Waals surface area contributed by atoms with Gasteiger partial charge in [-0.05, 0) is 44.2 Å². The van der Waals surface area contributed by atoms with Gasteiger partial charge in [-0.25, -0.2) is 14.8 Å². The molecule has 0 saturated carbocycles. The van der Waals surface area contributed by atoms with Gasteiger partial charge in [-0.3, -0.25) is 9.36 Å². The predicted octanol–water partition coefficient (Wildman–Crippen LogP) is 2.94. The van der Waals surface area contributed by atoms with Crippen LogP contribution in [0.25, 0.3) is 22.1 Å². The summed E-state index contributed by atoms with van der Waals surface area (Å²) in [5, 5.41) is 2.81. The second-order valence-electron chi connectivity index (χ2n) is 6.16. The van der Waals surface area contributed by atoms with Crippen LogP contribution >= 0.6 is 0 Å². The highest BCUT2D eigenvalue weighted by Crippen LogP contribution is 2.20. The summed E-state index contributed by atoms with van der Waals surface area (Å²) in [5.74, 6) is -0.716. The van der Waals surface area contributed by atoms with Gasteiger partial charge >= 0.3 is 5.76 Å². The first kappa shape index (κ1) is 16.0. The van der Waals surface area contributed by atoms with E-state index in [0.717, 1.165) is 16.9 Å². The standard InChI is InChI=1S/C19H16N4O3/c1-10-11(2)21-15-8-12(4-6-14(15)20-10)18(24)22-13-5-7-16-17(9-13)26-19(25)23(16)3/h4-9H,1-3H3,(H,22,24). The first-order chi connectivity index (χ1) is 12.4. The molecule has 0 radical (unpaired) electrons. The van der Waals surface area contributed by atoms with Gasteiger partial charge in [0.2, 0.25) is 0 Å². The van der Waals surface area contributed by atoms with E-state index in [0.29, 0.717) is 27.9 Å². The van der Waals surface area contributed by atoms with E-state index in [1.165, 1.54) is 4.57 Å². The molecule has 0 bridgehead atoms. The third-order valence-corrected chi connectivity index (χ3v) is 4.39. The van der Waals surface area contributed by atoms with E-state index in [2.05, 4.69) is 15.3 Å². The van der Waals surface area contributed by atoms with Gasteiger partial charge in [-0.15, -0.1) is 0 Å². The number of hydrogen-bond acceptors (Lipinski definition) is 5. The van der Waals surface area contributed by atoms with Crippen LogP contribution in [0, 0.1) is 13.8 Å². The van der Waals surface area contributed by atoms with Gasteiger partial charge in [0.1, 0.15) is 0 Å². The Morgan fingerprint density at radius 3 is 2.54 bits per heavy atom. The number of anilines is 1. The van der Waals surface area contributed by atoms with Gasteiger partial charge in [0.05, 0.1) is 27.9 Å². The number of carbonyl (C=O) groups excluding carboxylic acids is 1. The van der Waals surface area contributed by atoms with E-state index in [9.17, 15) is 9.59 Å². The molecule has 130 valence electrons. The van der Waals surface area contributed by atoms with Gasteiger partial charge in [0.25, 0.3) is 5.91 Å². The minimum absolute atomic E-state index is 0.274. The van der Waals surface area contributed by atoms with Crippen LogP contribution in [0.15, 0.2) is 45.6 Å². The summed E-state index contributed by atoms with van der Waals surface area (Å²) < 4.78 is 6.56. The molecular formula is C19H16N4O3. The number of amides is 1. The Morgan fingerprint density at radius 1 is 1.04 bits per heavy atom. The quantitative estimate of drug-likeness (QED) is 0.601. The third kappa shape index (κ3) is 2.63. The maximum atomic E-state index is 12.6. The molecule has 7 nitrogen and oxygen atoms in total. The summed E-state index contributed by atoms with van der Waals surface area (Å²) in [5.41, 5.74) is 5.23. The number of hydrogen-bond donors (Lipinski definition) is 1. The summed E-state index contributed by atoms with van der Waals surface area (Å²) in [6.07, 6.45) is 0. The van der Waals surface area contributed by atoms with Crippen molar-refractivity contribution in [2.45, 2.75) is 13.8 Å². The highest BCUT2D eigenvalue weighted by atomic mass is 16.4. The molecule has 26 heavy (non-hydrogen) atoms. The lowest BCUT2D eigenvalue weighted by atomic mass is 10.1. The van der Waals surface area contributed by atoms with Crippen LogP contribution in [0.4, 0.5) is 5.69 Å². The first-order valence-electron chi connectivity index (χ1n) is 8.08. The molecular weight excluding hydrogens is 332 g/mol. The molecule has 0 aliphatic carbocycles. The maximum absolute atomic E-state index is 12.6. The van der Waals surface area contributed by atoms with Crippen molar-refractivity contribution in [3.63, 3.8) is 0 Å². The highest BCUT2D eigenvalue weighted by Gasteiger charge is 2.11. The van der Waals surface area contributed by atoms with Crippen molar-refractivity contribution >= 4 is 33.7 Å². The molecule has 0 fully saturated rings. The topological polar surface area (TPSA) is 90.0 Å². The van der Waals surface area contributed by atoms with Crippen LogP contribution in [0.3, 0.4) is 0 Å². The summed E-state index contributed by atoms with van der Waals surface area (Å²) >= 11 is 0. The molecule has 2 heterocycles. The van der Waals surface area contributed by atoms with Crippen LogP contribution in [-0.4, -0.2) is 20.4 Å². The molecule has 2 aromatic carbocycles. The van der Waals surface area contributed by atoms with Crippen LogP contribution in [-0.2, 0) is 7.05 Å². The molecule has 4 rings (SSSR count). The maximum Gasteiger partial charge on any atom is 0.419 e. The summed E-state index contributed by atoms with van der Waals surface area (Å²) in [7, 11) is 1.63. The summed E-state index contributed by atoms with van der Waals surface area (Å²) in [4.78, 5) is 33.1. The molecule has 1 N–H and O–H groups in total. The molecule has 0 aliphatic rings. The highest BCUT2D eigenvalue weighted by molar-refractivity contribution is 6.06. The number of rotatable bonds is 2. The van der Waals surface area contributed by atoms with Crippen molar-refractivity contribution in [2.24, 2.45) is 7.05 Å². The minimum Gasteiger partial charge on any atom is -0.408 e. The van der Waals surface area contributed by atoms with Crippen molar-refractivity contribution in [1.29, 1.82) is 0 Å². The van der Waals surface area contributed by atoms with Crippen LogP contribution in [0.5, 0.6) is 0 Å². The Bertz CT molecular complexity index is 1240. The lowest BCUT2D eigenvalue weighted by Crippen LogP contribution is -2.12. The van der Waals surface area contributed by atoms with Crippen molar-refractivity contribution < 1.29 is 9.21 Å². The number of nitrogens with zero attached hydrogens (tertiary/aromatic N) is 3. The Balaban J connectivity index is 1.66. The smallest absolute Gasteiger partial charge is 0.408 e. The van der Waals surface area contributed by atoms with Crippen molar-refractivity contribution in [3.05, 3.63) is 63.9 Å². The number of carbonyl (C=O) groups is 1. The van der Waals surface area contributed by atoms with Gasteiger partial charge in [0.15, 0.2) is 5.58 Å². The zero-order valence-electron chi connectivity index (χ0n) is 14.5. The number of nitrogens with one attached hydrogen (secondary N) is 1. The zero-order chi connectivity index (χ0) is 18.4. The van der Waals surface area contributed by atoms with Crippen molar-refractivity contribution in [2.75, 3.05) is 5.32 Å². The van der Waals surface area contributed by atoms with Gasteiger partial charge in [0, 0.05) is 24.4 Å². The number of oxazole rings is 1. The molecule has 0 unspecified atom stereocenters.